The zero-order chi connectivity index (χ0) is 12.2. The lowest BCUT2D eigenvalue weighted by Gasteiger charge is -2.09. The summed E-state index contributed by atoms with van der Waals surface area (Å²) in [5.74, 6) is 0. The Bertz CT molecular complexity index is 485. The Morgan fingerprint density at radius 1 is 1.00 bits per heavy atom. The highest BCUT2D eigenvalue weighted by molar-refractivity contribution is 8.00. The van der Waals surface area contributed by atoms with Crippen molar-refractivity contribution in [3.8, 4) is 0 Å². The first kappa shape index (κ1) is 11.8. The summed E-state index contributed by atoms with van der Waals surface area (Å²) in [5, 5.41) is 0.575. The molecule has 0 radical (unpaired) electrons. The zero-order valence-electron chi connectivity index (χ0n) is 10.2. The van der Waals surface area contributed by atoms with Crippen LogP contribution in [0.1, 0.15) is 11.1 Å². The van der Waals surface area contributed by atoms with Crippen LogP contribution >= 0.6 is 11.8 Å². The summed E-state index contributed by atoms with van der Waals surface area (Å²) in [7, 11) is 0. The van der Waals surface area contributed by atoms with Gasteiger partial charge in [0.2, 0.25) is 0 Å². The van der Waals surface area contributed by atoms with Crippen molar-refractivity contribution in [3.63, 3.8) is 0 Å². The lowest BCUT2D eigenvalue weighted by molar-refractivity contribution is 0.122. The molecule has 1 aliphatic rings. The van der Waals surface area contributed by atoms with Crippen molar-refractivity contribution in [2.75, 3.05) is 6.61 Å². The maximum absolute atomic E-state index is 5.81. The van der Waals surface area contributed by atoms with Crippen LogP contribution in [0.2, 0.25) is 0 Å². The molecular formula is C16H16OS. The van der Waals surface area contributed by atoms with E-state index in [1.807, 2.05) is 17.8 Å². The molecule has 2 heteroatoms. The molecule has 18 heavy (non-hydrogen) atoms. The van der Waals surface area contributed by atoms with Gasteiger partial charge in [0.15, 0.2) is 0 Å². The third kappa shape index (κ3) is 2.77. The Balaban J connectivity index is 1.49. The molecule has 0 fully saturated rings. The van der Waals surface area contributed by atoms with E-state index in [1.54, 1.807) is 0 Å². The van der Waals surface area contributed by atoms with Crippen LogP contribution in [0, 0.1) is 0 Å². The number of hydrogen-bond donors (Lipinski definition) is 0. The number of hydrogen-bond acceptors (Lipinski definition) is 2. The first-order valence-electron chi connectivity index (χ1n) is 6.28. The minimum Gasteiger partial charge on any atom is -0.376 e. The molecule has 2 aromatic carbocycles. The molecule has 3 rings (SSSR count). The van der Waals surface area contributed by atoms with Gasteiger partial charge < -0.3 is 4.74 Å². The van der Waals surface area contributed by atoms with Gasteiger partial charge in [0.1, 0.15) is 0 Å². The number of fused-ring (bicyclic) bond motifs is 1. The standard InChI is InChI=1S/C16H16OS/c1-2-6-13(7-3-1)11-17-12-15-10-14-8-4-5-9-16(14)18-15/h1-9,15H,10-12H2. The summed E-state index contributed by atoms with van der Waals surface area (Å²) in [6.45, 7) is 1.54. The van der Waals surface area contributed by atoms with E-state index < -0.39 is 0 Å². The van der Waals surface area contributed by atoms with E-state index in [-0.39, 0.29) is 0 Å². The Kier molecular flexibility index (Phi) is 3.67. The SMILES string of the molecule is c1ccc(COCC2Cc3ccccc3S2)cc1. The van der Waals surface area contributed by atoms with Crippen molar-refractivity contribution >= 4 is 11.8 Å². The lowest BCUT2D eigenvalue weighted by Crippen LogP contribution is -2.10. The summed E-state index contributed by atoms with van der Waals surface area (Å²) < 4.78 is 5.81. The van der Waals surface area contributed by atoms with E-state index >= 15 is 0 Å². The Hall–Kier alpha value is -1.25. The quantitative estimate of drug-likeness (QED) is 0.820. The van der Waals surface area contributed by atoms with Crippen LogP contribution in [-0.2, 0) is 17.8 Å². The topological polar surface area (TPSA) is 9.23 Å². The fraction of sp³-hybridized carbons (Fsp3) is 0.250. The van der Waals surface area contributed by atoms with E-state index in [2.05, 4.69) is 48.5 Å². The van der Waals surface area contributed by atoms with Gasteiger partial charge in [0, 0.05) is 10.1 Å². The van der Waals surface area contributed by atoms with Gasteiger partial charge in [-0.05, 0) is 23.6 Å². The molecule has 1 heterocycles. The van der Waals surface area contributed by atoms with Crippen LogP contribution in [0.4, 0.5) is 0 Å². The molecular weight excluding hydrogens is 240 g/mol. The predicted molar refractivity (Wildman–Crippen MR) is 75.9 cm³/mol. The number of ether oxygens (including phenoxy) is 1. The second-order valence-corrected chi connectivity index (χ2v) is 5.89. The normalized spacial score (nSPS) is 17.7. The summed E-state index contributed by atoms with van der Waals surface area (Å²) in [5.41, 5.74) is 2.72. The van der Waals surface area contributed by atoms with Crippen LogP contribution in [0.15, 0.2) is 59.5 Å². The molecule has 0 saturated carbocycles. The highest BCUT2D eigenvalue weighted by atomic mass is 32.2. The van der Waals surface area contributed by atoms with Crippen LogP contribution in [0.25, 0.3) is 0 Å². The Morgan fingerprint density at radius 2 is 1.78 bits per heavy atom. The molecule has 0 aromatic heterocycles. The maximum atomic E-state index is 5.81. The molecule has 92 valence electrons. The number of benzene rings is 2. The molecule has 0 spiro atoms. The van der Waals surface area contributed by atoms with Crippen molar-refractivity contribution in [1.82, 2.24) is 0 Å². The fourth-order valence-electron chi connectivity index (χ4n) is 2.23. The van der Waals surface area contributed by atoms with Gasteiger partial charge in [0.25, 0.3) is 0 Å². The minimum atomic E-state index is 0.575. The molecule has 0 bridgehead atoms. The van der Waals surface area contributed by atoms with Crippen molar-refractivity contribution < 1.29 is 4.74 Å². The van der Waals surface area contributed by atoms with Gasteiger partial charge in [-0.3, -0.25) is 0 Å². The molecule has 1 atom stereocenters. The molecule has 0 N–H and O–H groups in total. The van der Waals surface area contributed by atoms with E-state index in [1.165, 1.54) is 16.0 Å². The summed E-state index contributed by atoms with van der Waals surface area (Å²) in [6, 6.07) is 19.0. The van der Waals surface area contributed by atoms with Crippen LogP contribution in [-0.4, -0.2) is 11.9 Å². The summed E-state index contributed by atoms with van der Waals surface area (Å²) >= 11 is 1.95. The second kappa shape index (κ2) is 5.59. The van der Waals surface area contributed by atoms with Crippen LogP contribution in [0.5, 0.6) is 0 Å². The van der Waals surface area contributed by atoms with Crippen molar-refractivity contribution in [1.29, 1.82) is 0 Å². The highest BCUT2D eigenvalue weighted by Crippen LogP contribution is 2.36. The van der Waals surface area contributed by atoms with E-state index in [0.29, 0.717) is 11.9 Å². The van der Waals surface area contributed by atoms with E-state index in [9.17, 15) is 0 Å². The van der Waals surface area contributed by atoms with Crippen molar-refractivity contribution in [2.24, 2.45) is 0 Å². The van der Waals surface area contributed by atoms with Gasteiger partial charge in [-0.1, -0.05) is 48.5 Å². The average molecular weight is 256 g/mol. The van der Waals surface area contributed by atoms with E-state index in [4.69, 9.17) is 4.74 Å². The van der Waals surface area contributed by atoms with Gasteiger partial charge in [-0.2, -0.15) is 0 Å². The first-order chi connectivity index (χ1) is 8.92. The Morgan fingerprint density at radius 3 is 2.61 bits per heavy atom. The van der Waals surface area contributed by atoms with Gasteiger partial charge in [0.05, 0.1) is 13.2 Å². The predicted octanol–water partition coefficient (Wildman–Crippen LogP) is 3.92. The Labute approximate surface area is 112 Å². The summed E-state index contributed by atoms with van der Waals surface area (Å²) in [4.78, 5) is 1.42. The zero-order valence-corrected chi connectivity index (χ0v) is 11.0. The lowest BCUT2D eigenvalue weighted by atomic mass is 10.1. The van der Waals surface area contributed by atoms with E-state index in [0.717, 1.165) is 13.0 Å². The van der Waals surface area contributed by atoms with Gasteiger partial charge in [-0.25, -0.2) is 0 Å². The second-order valence-electron chi connectivity index (χ2n) is 4.55. The monoisotopic (exact) mass is 256 g/mol. The minimum absolute atomic E-state index is 0.575. The fourth-order valence-corrected chi connectivity index (χ4v) is 3.48. The third-order valence-electron chi connectivity index (χ3n) is 3.13. The van der Waals surface area contributed by atoms with Crippen molar-refractivity contribution in [3.05, 3.63) is 65.7 Å². The number of thioether (sulfide) groups is 1. The van der Waals surface area contributed by atoms with Crippen LogP contribution in [0.3, 0.4) is 0 Å². The molecule has 0 aliphatic carbocycles. The average Bonchev–Trinajstić information content (AvgIpc) is 2.82. The third-order valence-corrected chi connectivity index (χ3v) is 4.42. The first-order valence-corrected chi connectivity index (χ1v) is 7.16. The van der Waals surface area contributed by atoms with Crippen molar-refractivity contribution in [2.45, 2.75) is 23.2 Å². The smallest absolute Gasteiger partial charge is 0.0717 e. The largest absolute Gasteiger partial charge is 0.376 e. The molecule has 1 unspecified atom stereocenters. The number of rotatable bonds is 4. The summed E-state index contributed by atoms with van der Waals surface area (Å²) in [6.07, 6.45) is 1.13. The van der Waals surface area contributed by atoms with Gasteiger partial charge >= 0.3 is 0 Å². The highest BCUT2D eigenvalue weighted by Gasteiger charge is 2.21. The molecule has 2 aromatic rings. The van der Waals surface area contributed by atoms with Gasteiger partial charge in [-0.15, -0.1) is 11.8 Å². The molecule has 0 amide bonds. The van der Waals surface area contributed by atoms with Crippen LogP contribution < -0.4 is 0 Å². The molecule has 1 aliphatic heterocycles. The molecule has 0 saturated heterocycles. The molecule has 1 nitrogen and oxygen atoms in total. The maximum Gasteiger partial charge on any atom is 0.0717 e.